The van der Waals surface area contributed by atoms with E-state index in [9.17, 15) is 4.79 Å². The molecule has 3 aromatic rings. The Labute approximate surface area is 164 Å². The predicted octanol–water partition coefficient (Wildman–Crippen LogP) is 4.33. The molecule has 2 aromatic carbocycles. The summed E-state index contributed by atoms with van der Waals surface area (Å²) in [7, 11) is 0. The van der Waals surface area contributed by atoms with Gasteiger partial charge in [-0.05, 0) is 42.2 Å². The highest BCUT2D eigenvalue weighted by Crippen LogP contribution is 2.22. The predicted molar refractivity (Wildman–Crippen MR) is 107 cm³/mol. The van der Waals surface area contributed by atoms with Gasteiger partial charge < -0.3 is 14.6 Å². The average Bonchev–Trinajstić information content (AvgIpc) is 3.13. The van der Waals surface area contributed by atoms with Crippen LogP contribution in [-0.2, 0) is 4.79 Å². The molecule has 0 aliphatic rings. The molecule has 0 saturated heterocycles. The molecule has 0 aliphatic carbocycles. The molecule has 0 radical (unpaired) electrons. The van der Waals surface area contributed by atoms with Gasteiger partial charge in [0.25, 0.3) is 5.91 Å². The smallest absolute Gasteiger partial charge is 0.258 e. The maximum Gasteiger partial charge on any atom is 0.258 e. The van der Waals surface area contributed by atoms with Crippen LogP contribution < -0.4 is 10.1 Å². The van der Waals surface area contributed by atoms with Crippen LogP contribution >= 0.6 is 0 Å². The van der Waals surface area contributed by atoms with Gasteiger partial charge in [0.2, 0.25) is 11.7 Å². The number of nitrogens with one attached hydrogen (secondary N) is 1. The summed E-state index contributed by atoms with van der Waals surface area (Å²) >= 11 is 0. The lowest BCUT2D eigenvalue weighted by Crippen LogP contribution is -2.33. The molecule has 0 bridgehead atoms. The summed E-state index contributed by atoms with van der Waals surface area (Å²) in [6, 6.07) is 17.2. The molecule has 6 heteroatoms. The van der Waals surface area contributed by atoms with Crippen molar-refractivity contribution in [3.63, 3.8) is 0 Å². The van der Waals surface area contributed by atoms with E-state index in [1.54, 1.807) is 19.1 Å². The van der Waals surface area contributed by atoms with E-state index < -0.39 is 0 Å². The molecule has 3 rings (SSSR count). The Kier molecular flexibility index (Phi) is 6.42. The monoisotopic (exact) mass is 379 g/mol. The van der Waals surface area contributed by atoms with Crippen LogP contribution in [0.3, 0.4) is 0 Å². The number of nitrogens with zero attached hydrogens (tertiary/aromatic N) is 2. The first-order chi connectivity index (χ1) is 13.5. The van der Waals surface area contributed by atoms with E-state index in [2.05, 4.69) is 29.3 Å². The van der Waals surface area contributed by atoms with Crippen molar-refractivity contribution in [2.24, 2.45) is 5.92 Å². The first kappa shape index (κ1) is 19.6. The van der Waals surface area contributed by atoms with Gasteiger partial charge in [0.15, 0.2) is 6.61 Å². The Bertz CT molecular complexity index is 889. The molecule has 0 spiro atoms. The highest BCUT2D eigenvalue weighted by atomic mass is 16.5. The molecular formula is C22H25N3O3. The molecular weight excluding hydrogens is 354 g/mol. The molecule has 146 valence electrons. The number of hydrogen-bond acceptors (Lipinski definition) is 5. The van der Waals surface area contributed by atoms with Crippen molar-refractivity contribution in [2.45, 2.75) is 33.2 Å². The molecule has 1 amide bonds. The van der Waals surface area contributed by atoms with Crippen LogP contribution in [-0.4, -0.2) is 22.7 Å². The van der Waals surface area contributed by atoms with Crippen molar-refractivity contribution in [3.8, 4) is 17.1 Å². The van der Waals surface area contributed by atoms with Crippen LogP contribution in [0.15, 0.2) is 59.1 Å². The summed E-state index contributed by atoms with van der Waals surface area (Å²) in [5.74, 6) is 1.97. The van der Waals surface area contributed by atoms with Gasteiger partial charge in [0.05, 0.1) is 6.04 Å². The molecule has 1 N–H and O–H groups in total. The van der Waals surface area contributed by atoms with Gasteiger partial charge in [-0.3, -0.25) is 4.79 Å². The first-order valence-corrected chi connectivity index (χ1v) is 9.39. The minimum atomic E-state index is -0.146. The molecule has 1 aromatic heterocycles. The zero-order valence-electron chi connectivity index (χ0n) is 16.4. The third-order valence-electron chi connectivity index (χ3n) is 4.25. The number of rotatable bonds is 8. The van der Waals surface area contributed by atoms with Crippen LogP contribution in [0.25, 0.3) is 11.4 Å². The van der Waals surface area contributed by atoms with E-state index in [1.807, 2.05) is 42.5 Å². The number of ether oxygens (including phenoxy) is 1. The zero-order chi connectivity index (χ0) is 19.9. The second-order valence-electron chi connectivity index (χ2n) is 7.11. The fraction of sp³-hybridized carbons (Fsp3) is 0.318. The average molecular weight is 379 g/mol. The maximum atomic E-state index is 12.4. The second kappa shape index (κ2) is 9.17. The molecule has 0 aliphatic heterocycles. The van der Waals surface area contributed by atoms with Crippen molar-refractivity contribution < 1.29 is 14.1 Å². The lowest BCUT2D eigenvalue weighted by molar-refractivity contribution is -0.124. The number of benzene rings is 2. The van der Waals surface area contributed by atoms with Crippen LogP contribution in [0.4, 0.5) is 0 Å². The van der Waals surface area contributed by atoms with Gasteiger partial charge in [-0.2, -0.15) is 4.98 Å². The van der Waals surface area contributed by atoms with Crippen molar-refractivity contribution in [1.82, 2.24) is 15.5 Å². The quantitative estimate of drug-likeness (QED) is 0.630. The number of carbonyl (C=O) groups is 1. The highest BCUT2D eigenvalue weighted by molar-refractivity contribution is 5.78. The Morgan fingerprint density at radius 1 is 1.11 bits per heavy atom. The van der Waals surface area contributed by atoms with E-state index in [0.717, 1.165) is 17.5 Å². The highest BCUT2D eigenvalue weighted by Gasteiger charge is 2.16. The summed E-state index contributed by atoms with van der Waals surface area (Å²) < 4.78 is 10.6. The number of aromatic nitrogens is 2. The molecule has 1 unspecified atom stereocenters. The van der Waals surface area contributed by atoms with Gasteiger partial charge in [0.1, 0.15) is 5.75 Å². The third kappa shape index (κ3) is 5.42. The number of hydrogen-bond donors (Lipinski definition) is 1. The number of aryl methyl sites for hydroxylation is 1. The third-order valence-corrected chi connectivity index (χ3v) is 4.25. The zero-order valence-corrected chi connectivity index (χ0v) is 16.4. The number of carbonyl (C=O) groups excluding carboxylic acids is 1. The maximum absolute atomic E-state index is 12.4. The standard InChI is InChI=1S/C22H25N3O3/c1-15(2)13-20(17-7-5-4-6-8-17)24-21(26)14-27-19-11-9-18(10-12-19)22-23-16(3)28-25-22/h4-12,15,20H,13-14H2,1-3H3,(H,24,26). The van der Waals surface area contributed by atoms with E-state index >= 15 is 0 Å². The molecule has 0 saturated carbocycles. The lowest BCUT2D eigenvalue weighted by atomic mass is 9.97. The number of amides is 1. The van der Waals surface area contributed by atoms with Gasteiger partial charge in [-0.1, -0.05) is 49.3 Å². The summed E-state index contributed by atoms with van der Waals surface area (Å²) in [5.41, 5.74) is 1.93. The van der Waals surface area contributed by atoms with Crippen molar-refractivity contribution in [3.05, 3.63) is 66.1 Å². The van der Waals surface area contributed by atoms with Gasteiger partial charge in [-0.25, -0.2) is 0 Å². The van der Waals surface area contributed by atoms with E-state index in [-0.39, 0.29) is 18.6 Å². The van der Waals surface area contributed by atoms with Gasteiger partial charge in [-0.15, -0.1) is 0 Å². The molecule has 1 heterocycles. The molecule has 0 fully saturated rings. The van der Waals surface area contributed by atoms with Crippen molar-refractivity contribution in [1.29, 1.82) is 0 Å². The Balaban J connectivity index is 1.56. The summed E-state index contributed by atoms with van der Waals surface area (Å²) in [5, 5.41) is 6.96. The second-order valence-corrected chi connectivity index (χ2v) is 7.11. The lowest BCUT2D eigenvalue weighted by Gasteiger charge is -2.21. The molecule has 28 heavy (non-hydrogen) atoms. The normalized spacial score (nSPS) is 12.0. The van der Waals surface area contributed by atoms with Gasteiger partial charge in [0, 0.05) is 12.5 Å². The Morgan fingerprint density at radius 2 is 1.82 bits per heavy atom. The van der Waals surface area contributed by atoms with Crippen LogP contribution in [0, 0.1) is 12.8 Å². The Hall–Kier alpha value is -3.15. The summed E-state index contributed by atoms with van der Waals surface area (Å²) in [4.78, 5) is 16.6. The largest absolute Gasteiger partial charge is 0.484 e. The fourth-order valence-electron chi connectivity index (χ4n) is 2.94. The molecule has 1 atom stereocenters. The van der Waals surface area contributed by atoms with Crippen molar-refractivity contribution >= 4 is 5.91 Å². The minimum Gasteiger partial charge on any atom is -0.484 e. The minimum absolute atomic E-state index is 0.0267. The van der Waals surface area contributed by atoms with Crippen LogP contribution in [0.2, 0.25) is 0 Å². The Morgan fingerprint density at radius 3 is 2.43 bits per heavy atom. The van der Waals surface area contributed by atoms with E-state index in [1.165, 1.54) is 0 Å². The topological polar surface area (TPSA) is 77.2 Å². The van der Waals surface area contributed by atoms with Crippen molar-refractivity contribution in [2.75, 3.05) is 6.61 Å². The SMILES string of the molecule is Cc1nc(-c2ccc(OCC(=O)NC(CC(C)C)c3ccccc3)cc2)no1. The summed E-state index contributed by atoms with van der Waals surface area (Å²) in [6.07, 6.45) is 0.870. The van der Waals surface area contributed by atoms with E-state index in [0.29, 0.717) is 23.4 Å². The molecule has 6 nitrogen and oxygen atoms in total. The van der Waals surface area contributed by atoms with Gasteiger partial charge >= 0.3 is 0 Å². The first-order valence-electron chi connectivity index (χ1n) is 9.39. The fourth-order valence-corrected chi connectivity index (χ4v) is 2.94. The van der Waals surface area contributed by atoms with Crippen LogP contribution in [0.1, 0.15) is 37.8 Å². The summed E-state index contributed by atoms with van der Waals surface area (Å²) in [6.45, 7) is 5.99. The van der Waals surface area contributed by atoms with E-state index in [4.69, 9.17) is 9.26 Å². The van der Waals surface area contributed by atoms with Crippen LogP contribution in [0.5, 0.6) is 5.75 Å².